The van der Waals surface area contributed by atoms with E-state index in [4.69, 9.17) is 4.74 Å². The highest BCUT2D eigenvalue weighted by atomic mass is 16.5. The van der Waals surface area contributed by atoms with E-state index in [1.807, 2.05) is 35.2 Å². The molecule has 1 heterocycles. The topological polar surface area (TPSA) is 41.6 Å². The van der Waals surface area contributed by atoms with E-state index in [9.17, 15) is 4.79 Å². The molecule has 1 aliphatic carbocycles. The Hall–Kier alpha value is -1.55. The molecule has 0 radical (unpaired) electrons. The molecule has 0 aromatic heterocycles. The molecule has 1 N–H and O–H groups in total. The van der Waals surface area contributed by atoms with Crippen LogP contribution in [0, 0.1) is 11.8 Å². The SMILES string of the molecule is CO[C@@H]1CCC[C@@H]2CN(C(=O)NCc3ccccc3)C[C@@H]21. The summed E-state index contributed by atoms with van der Waals surface area (Å²) < 4.78 is 5.60. The number of methoxy groups -OCH3 is 1. The van der Waals surface area contributed by atoms with Crippen molar-refractivity contribution in [1.82, 2.24) is 10.2 Å². The summed E-state index contributed by atoms with van der Waals surface area (Å²) in [5.41, 5.74) is 1.14. The monoisotopic (exact) mass is 288 g/mol. The second-order valence-corrected chi connectivity index (χ2v) is 6.18. The van der Waals surface area contributed by atoms with Gasteiger partial charge in [-0.05, 0) is 24.3 Å². The Morgan fingerprint density at radius 2 is 2.10 bits per heavy atom. The van der Waals surface area contributed by atoms with E-state index in [0.717, 1.165) is 25.1 Å². The fourth-order valence-corrected chi connectivity index (χ4v) is 3.76. The normalized spacial score (nSPS) is 28.2. The minimum atomic E-state index is 0.0584. The van der Waals surface area contributed by atoms with Crippen LogP contribution in [0.3, 0.4) is 0 Å². The number of carbonyl (C=O) groups is 1. The Morgan fingerprint density at radius 3 is 2.86 bits per heavy atom. The van der Waals surface area contributed by atoms with Crippen LogP contribution in [0.15, 0.2) is 30.3 Å². The highest BCUT2D eigenvalue weighted by molar-refractivity contribution is 5.74. The summed E-state index contributed by atoms with van der Waals surface area (Å²) in [7, 11) is 1.80. The minimum absolute atomic E-state index is 0.0584. The first kappa shape index (κ1) is 14.4. The van der Waals surface area contributed by atoms with Crippen molar-refractivity contribution < 1.29 is 9.53 Å². The number of urea groups is 1. The number of benzene rings is 1. The number of nitrogens with zero attached hydrogens (tertiary/aromatic N) is 1. The Bertz CT molecular complexity index is 477. The first-order chi connectivity index (χ1) is 10.3. The van der Waals surface area contributed by atoms with E-state index in [2.05, 4.69) is 5.32 Å². The van der Waals surface area contributed by atoms with Gasteiger partial charge < -0.3 is 15.0 Å². The van der Waals surface area contributed by atoms with Gasteiger partial charge in [0.05, 0.1) is 6.10 Å². The van der Waals surface area contributed by atoms with Crippen molar-refractivity contribution in [2.24, 2.45) is 11.8 Å². The Morgan fingerprint density at radius 1 is 1.29 bits per heavy atom. The molecular formula is C17H24N2O2. The van der Waals surface area contributed by atoms with Gasteiger partial charge in [0.15, 0.2) is 0 Å². The summed E-state index contributed by atoms with van der Waals surface area (Å²) in [6, 6.07) is 10.1. The molecule has 1 saturated carbocycles. The van der Waals surface area contributed by atoms with Crippen molar-refractivity contribution in [1.29, 1.82) is 0 Å². The molecule has 1 aromatic rings. The lowest BCUT2D eigenvalue weighted by Crippen LogP contribution is -2.39. The van der Waals surface area contributed by atoms with Crippen LogP contribution in [0.4, 0.5) is 4.79 Å². The van der Waals surface area contributed by atoms with Crippen LogP contribution in [-0.2, 0) is 11.3 Å². The molecule has 0 unspecified atom stereocenters. The van der Waals surface area contributed by atoms with Crippen molar-refractivity contribution in [2.45, 2.75) is 31.9 Å². The predicted molar refractivity (Wildman–Crippen MR) is 81.9 cm³/mol. The van der Waals surface area contributed by atoms with Crippen LogP contribution < -0.4 is 5.32 Å². The molecule has 21 heavy (non-hydrogen) atoms. The van der Waals surface area contributed by atoms with E-state index < -0.39 is 0 Å². The lowest BCUT2D eigenvalue weighted by atomic mass is 9.79. The molecule has 4 nitrogen and oxygen atoms in total. The van der Waals surface area contributed by atoms with E-state index in [1.54, 1.807) is 7.11 Å². The number of hydrogen-bond acceptors (Lipinski definition) is 2. The fourth-order valence-electron chi connectivity index (χ4n) is 3.76. The predicted octanol–water partition coefficient (Wildman–Crippen LogP) is 2.64. The molecule has 1 saturated heterocycles. The number of fused-ring (bicyclic) bond motifs is 1. The zero-order valence-electron chi connectivity index (χ0n) is 12.6. The van der Waals surface area contributed by atoms with Crippen molar-refractivity contribution in [2.75, 3.05) is 20.2 Å². The largest absolute Gasteiger partial charge is 0.381 e. The Balaban J connectivity index is 1.54. The number of carbonyl (C=O) groups excluding carboxylic acids is 1. The molecule has 3 atom stereocenters. The average Bonchev–Trinajstić information content (AvgIpc) is 2.97. The van der Waals surface area contributed by atoms with Crippen molar-refractivity contribution in [3.05, 3.63) is 35.9 Å². The van der Waals surface area contributed by atoms with E-state index >= 15 is 0 Å². The quantitative estimate of drug-likeness (QED) is 0.929. The summed E-state index contributed by atoms with van der Waals surface area (Å²) in [6.45, 7) is 2.31. The molecule has 1 aromatic carbocycles. The Kier molecular flexibility index (Phi) is 4.44. The van der Waals surface area contributed by atoms with Crippen LogP contribution in [0.1, 0.15) is 24.8 Å². The zero-order chi connectivity index (χ0) is 14.7. The summed E-state index contributed by atoms with van der Waals surface area (Å²) in [4.78, 5) is 14.3. The van der Waals surface area contributed by atoms with Gasteiger partial charge in [0.1, 0.15) is 0 Å². The highest BCUT2D eigenvalue weighted by Crippen LogP contribution is 2.37. The van der Waals surface area contributed by atoms with Crippen LogP contribution in [0.5, 0.6) is 0 Å². The van der Waals surface area contributed by atoms with Gasteiger partial charge in [-0.25, -0.2) is 4.79 Å². The van der Waals surface area contributed by atoms with Crippen molar-refractivity contribution >= 4 is 6.03 Å². The summed E-state index contributed by atoms with van der Waals surface area (Å²) in [6.07, 6.45) is 3.92. The standard InChI is InChI=1S/C17H24N2O2/c1-21-16-9-5-8-14-11-19(12-15(14)16)17(20)18-10-13-6-3-2-4-7-13/h2-4,6-7,14-16H,5,8-12H2,1H3,(H,18,20)/t14-,15+,16-/m1/s1. The number of ether oxygens (including phenoxy) is 1. The van der Waals surface area contributed by atoms with Crippen molar-refractivity contribution in [3.8, 4) is 0 Å². The number of rotatable bonds is 3. The second kappa shape index (κ2) is 6.48. The summed E-state index contributed by atoms with van der Waals surface area (Å²) in [5, 5.41) is 3.03. The molecule has 2 fully saturated rings. The van der Waals surface area contributed by atoms with Gasteiger partial charge in [0, 0.05) is 32.7 Å². The lowest BCUT2D eigenvalue weighted by molar-refractivity contribution is 0.0130. The maximum absolute atomic E-state index is 12.3. The maximum atomic E-state index is 12.3. The van der Waals surface area contributed by atoms with Crippen LogP contribution >= 0.6 is 0 Å². The van der Waals surface area contributed by atoms with Gasteiger partial charge in [-0.2, -0.15) is 0 Å². The molecule has 1 aliphatic heterocycles. The molecule has 0 bridgehead atoms. The summed E-state index contributed by atoms with van der Waals surface area (Å²) >= 11 is 0. The number of likely N-dealkylation sites (tertiary alicyclic amines) is 1. The maximum Gasteiger partial charge on any atom is 0.317 e. The molecule has 114 valence electrons. The average molecular weight is 288 g/mol. The zero-order valence-corrected chi connectivity index (χ0v) is 12.6. The molecule has 2 amide bonds. The van der Waals surface area contributed by atoms with Gasteiger partial charge in [-0.15, -0.1) is 0 Å². The smallest absolute Gasteiger partial charge is 0.317 e. The minimum Gasteiger partial charge on any atom is -0.381 e. The Labute approximate surface area is 126 Å². The lowest BCUT2D eigenvalue weighted by Gasteiger charge is -2.31. The number of nitrogens with one attached hydrogen (secondary N) is 1. The fraction of sp³-hybridized carbons (Fsp3) is 0.588. The van der Waals surface area contributed by atoms with E-state index in [1.165, 1.54) is 12.8 Å². The molecule has 4 heteroatoms. The molecular weight excluding hydrogens is 264 g/mol. The van der Waals surface area contributed by atoms with Gasteiger partial charge in [-0.3, -0.25) is 0 Å². The third kappa shape index (κ3) is 3.21. The van der Waals surface area contributed by atoms with Gasteiger partial charge >= 0.3 is 6.03 Å². The first-order valence-electron chi connectivity index (χ1n) is 7.87. The number of amides is 2. The summed E-state index contributed by atoms with van der Waals surface area (Å²) in [5.74, 6) is 1.14. The number of hydrogen-bond donors (Lipinski definition) is 1. The first-order valence-corrected chi connectivity index (χ1v) is 7.87. The third-order valence-corrected chi connectivity index (χ3v) is 4.91. The van der Waals surface area contributed by atoms with Crippen molar-refractivity contribution in [3.63, 3.8) is 0 Å². The van der Waals surface area contributed by atoms with Crippen LogP contribution in [-0.4, -0.2) is 37.2 Å². The highest BCUT2D eigenvalue weighted by Gasteiger charge is 2.41. The van der Waals surface area contributed by atoms with Gasteiger partial charge in [0.2, 0.25) is 0 Å². The van der Waals surface area contributed by atoms with E-state index in [0.29, 0.717) is 24.5 Å². The van der Waals surface area contributed by atoms with Crippen LogP contribution in [0.2, 0.25) is 0 Å². The third-order valence-electron chi connectivity index (χ3n) is 4.91. The van der Waals surface area contributed by atoms with E-state index in [-0.39, 0.29) is 6.03 Å². The van der Waals surface area contributed by atoms with Crippen LogP contribution in [0.25, 0.3) is 0 Å². The second-order valence-electron chi connectivity index (χ2n) is 6.18. The molecule has 0 spiro atoms. The molecule has 2 aliphatic rings. The van der Waals surface area contributed by atoms with Gasteiger partial charge in [0.25, 0.3) is 0 Å². The molecule has 3 rings (SSSR count). The van der Waals surface area contributed by atoms with Gasteiger partial charge in [-0.1, -0.05) is 36.8 Å².